The van der Waals surface area contributed by atoms with Gasteiger partial charge in [0.1, 0.15) is 18.3 Å². The quantitative estimate of drug-likeness (QED) is 0.00448. The predicted octanol–water partition coefficient (Wildman–Crippen LogP) is -7.28. The number of ether oxygens (including phenoxy) is 8. The van der Waals surface area contributed by atoms with Gasteiger partial charge in [-0.3, -0.25) is 53.5 Å². The summed E-state index contributed by atoms with van der Waals surface area (Å²) >= 11 is 1.27. The second-order valence-electron chi connectivity index (χ2n) is 18.8. The number of carbonyl (C=O) groups excluding carboxylic acids is 9. The molecule has 4 saturated heterocycles. The van der Waals surface area contributed by atoms with E-state index >= 15 is 0 Å². The maximum absolute atomic E-state index is 12.9. The van der Waals surface area contributed by atoms with Gasteiger partial charge in [0.05, 0.1) is 112 Å². The Hall–Kier alpha value is -5.60. The number of likely N-dealkylation sites (tertiary alicyclic amines) is 1. The zero-order valence-electron chi connectivity index (χ0n) is 43.4. The van der Waals surface area contributed by atoms with Crippen molar-refractivity contribution in [1.82, 2.24) is 31.6 Å². The van der Waals surface area contributed by atoms with Gasteiger partial charge in [-0.25, -0.2) is 5.43 Å². The first kappa shape index (κ1) is 65.9. The van der Waals surface area contributed by atoms with Crippen LogP contribution < -0.4 is 26.7 Å². The van der Waals surface area contributed by atoms with Gasteiger partial charge in [0, 0.05) is 65.5 Å². The van der Waals surface area contributed by atoms with E-state index < -0.39 is 190 Å². The zero-order valence-corrected chi connectivity index (χ0v) is 44.2. The van der Waals surface area contributed by atoms with Crippen molar-refractivity contribution in [2.75, 3.05) is 45.8 Å². The lowest BCUT2D eigenvalue weighted by Gasteiger charge is -2.48. The Balaban J connectivity index is 1.52. The van der Waals surface area contributed by atoms with Gasteiger partial charge in [0.25, 0.3) is 19.4 Å². The first-order valence-electron chi connectivity index (χ1n) is 24.7. The Labute approximate surface area is 455 Å². The van der Waals surface area contributed by atoms with Crippen molar-refractivity contribution in [3.05, 3.63) is 0 Å². The number of imide groups is 1. The highest BCUT2D eigenvalue weighted by atomic mass is 32.2. The Morgan fingerprint density at radius 2 is 1.27 bits per heavy atom. The van der Waals surface area contributed by atoms with E-state index in [0.29, 0.717) is 24.4 Å². The number of nitrogens with one attached hydrogen (secondary N) is 6. The average Bonchev–Trinajstić information content (AvgIpc) is 3.65. The third-order valence-corrected chi connectivity index (χ3v) is 14.2. The molecule has 0 aromatic carbocycles. The second kappa shape index (κ2) is 30.3. The smallest absolute Gasteiger partial charge is 0.332 e. The molecule has 0 bridgehead atoms. The molecule has 17 unspecified atom stereocenters. The number of carbonyl (C=O) groups is 9. The summed E-state index contributed by atoms with van der Waals surface area (Å²) in [5, 5.41) is 109. The second-order valence-corrected chi connectivity index (χ2v) is 20.1. The Bertz CT molecular complexity index is 2170. The summed E-state index contributed by atoms with van der Waals surface area (Å²) in [6.45, 7) is -1.61. The highest BCUT2D eigenvalue weighted by molar-refractivity contribution is 8.00. The SMILES string of the molecule is CNC(=N)CCCSC1CC(=O)N(CCC(=O)N/N=C/C2OC(OC=O)(OCC(CO)C(O)C3OC(OC=O)(OCC(CO)C(O)C4OC(O)(OC=O)CC(O)C4NC(C)=O)CC(O)C3NC(C)=O)CC(O)C2NC(C)=O)C1=O. The molecular formula is C45H70N8O25S. The molecule has 79 heavy (non-hydrogen) atoms. The van der Waals surface area contributed by atoms with Crippen molar-refractivity contribution in [3.63, 3.8) is 0 Å². The Kier molecular flexibility index (Phi) is 25.3. The molecule has 4 aliphatic rings. The maximum atomic E-state index is 12.9. The Morgan fingerprint density at radius 1 is 0.772 bits per heavy atom. The number of hydrogen-bond acceptors (Lipinski definition) is 28. The molecule has 0 radical (unpaired) electrons. The van der Waals surface area contributed by atoms with E-state index in [-0.39, 0.29) is 32.4 Å². The minimum absolute atomic E-state index is 0.0720. The van der Waals surface area contributed by atoms with Crippen molar-refractivity contribution in [2.24, 2.45) is 16.9 Å². The lowest BCUT2D eigenvalue weighted by molar-refractivity contribution is -0.417. The van der Waals surface area contributed by atoms with E-state index in [1.165, 1.54) is 11.8 Å². The van der Waals surface area contributed by atoms with Crippen molar-refractivity contribution < 1.29 is 122 Å². The Morgan fingerprint density at radius 3 is 1.77 bits per heavy atom. The first-order chi connectivity index (χ1) is 37.3. The number of amidine groups is 1. The molecular weight excluding hydrogens is 1080 g/mol. The monoisotopic (exact) mass is 1150 g/mol. The van der Waals surface area contributed by atoms with Crippen LogP contribution in [0.5, 0.6) is 0 Å². The number of aliphatic hydroxyl groups excluding tert-OH is 7. The minimum Gasteiger partial charge on any atom is -0.410 e. The summed E-state index contributed by atoms with van der Waals surface area (Å²) in [6, 6.07) is -4.49. The molecule has 0 aliphatic carbocycles. The highest BCUT2D eigenvalue weighted by Gasteiger charge is 2.57. The number of rotatable bonds is 31. The van der Waals surface area contributed by atoms with Gasteiger partial charge in [0.15, 0.2) is 0 Å². The number of nitrogens with zero attached hydrogens (tertiary/aromatic N) is 2. The largest absolute Gasteiger partial charge is 0.410 e. The molecule has 4 aliphatic heterocycles. The number of amides is 6. The zero-order chi connectivity index (χ0) is 58.8. The van der Waals surface area contributed by atoms with Crippen LogP contribution in [0.3, 0.4) is 0 Å². The summed E-state index contributed by atoms with van der Waals surface area (Å²) in [7, 11) is 1.62. The molecule has 0 aromatic heterocycles. The van der Waals surface area contributed by atoms with Crippen LogP contribution in [0.15, 0.2) is 5.10 Å². The van der Waals surface area contributed by atoms with E-state index in [1.54, 1.807) is 7.05 Å². The topological polar surface area (TPSA) is 489 Å². The molecule has 34 heteroatoms. The van der Waals surface area contributed by atoms with Crippen LogP contribution in [0.1, 0.15) is 65.7 Å². The average molecular weight is 1160 g/mol. The van der Waals surface area contributed by atoms with Crippen molar-refractivity contribution in [1.29, 1.82) is 5.41 Å². The summed E-state index contributed by atoms with van der Waals surface area (Å²) in [6.07, 6.45) is -15.9. The molecule has 6 amide bonds. The summed E-state index contributed by atoms with van der Waals surface area (Å²) < 4.78 is 43.8. The van der Waals surface area contributed by atoms with Gasteiger partial charge < -0.3 is 100 Å². The summed E-state index contributed by atoms with van der Waals surface area (Å²) in [5.41, 5.74) is 2.18. The van der Waals surface area contributed by atoms with Crippen LogP contribution in [0.25, 0.3) is 0 Å². The van der Waals surface area contributed by atoms with Crippen LogP contribution in [0.2, 0.25) is 0 Å². The molecule has 0 aromatic rings. The van der Waals surface area contributed by atoms with Crippen LogP contribution in [0.4, 0.5) is 0 Å². The fourth-order valence-corrected chi connectivity index (χ4v) is 10.2. The van der Waals surface area contributed by atoms with E-state index in [4.69, 9.17) is 38.6 Å². The van der Waals surface area contributed by atoms with E-state index in [9.17, 15) is 84.0 Å². The standard InChI is InChI=1S/C45H70N8O25S/c1-22(59)49-35-28(63)12-44(74-20-57,76-30(35)14-48-52-33(65)7-8-53-34(66)10-31(42(53)69)79-9-5-6-32(46)47-4)71-17-26(16-55)39(68)41-37(51-24(3)61)29(64)13-45(78-41,75-21-58)72-18-25(15-54)38(67)40-36(50-23(2)60)27(62)11-43(70,77-40)73-19-56/h14,19-21,25-31,35-41,54-55,62-64,67-68,70H,5-13,15-18H2,1-4H3,(H2,46,47)(H,49,59)(H,50,60)(H,51,61)(H,52,65)/b48-14+. The van der Waals surface area contributed by atoms with Gasteiger partial charge in [0.2, 0.25) is 35.4 Å². The van der Waals surface area contributed by atoms with Crippen LogP contribution >= 0.6 is 11.8 Å². The number of aliphatic hydroxyl groups is 8. The van der Waals surface area contributed by atoms with Gasteiger partial charge in [-0.2, -0.15) is 5.10 Å². The number of thioether (sulfide) groups is 1. The highest BCUT2D eigenvalue weighted by Crippen LogP contribution is 2.38. The molecule has 446 valence electrons. The van der Waals surface area contributed by atoms with Gasteiger partial charge in [-0.05, 0) is 12.2 Å². The molecule has 0 spiro atoms. The molecule has 17 atom stereocenters. The third kappa shape index (κ3) is 18.2. The summed E-state index contributed by atoms with van der Waals surface area (Å²) in [5.74, 6) is -14.6. The van der Waals surface area contributed by atoms with Crippen molar-refractivity contribution in [3.8, 4) is 0 Å². The lowest BCUT2D eigenvalue weighted by atomic mass is 9.87. The van der Waals surface area contributed by atoms with Crippen molar-refractivity contribution in [2.45, 2.75) is 156 Å². The normalized spacial score (nSPS) is 32.4. The van der Waals surface area contributed by atoms with Crippen LogP contribution in [0, 0.1) is 17.2 Å². The molecule has 0 saturated carbocycles. The molecule has 4 fully saturated rings. The molecule has 4 rings (SSSR count). The van der Waals surface area contributed by atoms with E-state index in [1.807, 2.05) is 0 Å². The van der Waals surface area contributed by atoms with Gasteiger partial charge in [-0.15, -0.1) is 11.8 Å². The lowest BCUT2D eigenvalue weighted by Crippen LogP contribution is -2.67. The molecule has 33 nitrogen and oxygen atoms in total. The van der Waals surface area contributed by atoms with Crippen molar-refractivity contribution >= 4 is 78.7 Å². The van der Waals surface area contributed by atoms with Crippen LogP contribution in [-0.2, 0) is 81.0 Å². The summed E-state index contributed by atoms with van der Waals surface area (Å²) in [4.78, 5) is 111. The van der Waals surface area contributed by atoms with Gasteiger partial charge in [-0.1, -0.05) is 0 Å². The predicted molar refractivity (Wildman–Crippen MR) is 261 cm³/mol. The number of hydrazone groups is 1. The first-order valence-corrected chi connectivity index (χ1v) is 25.7. The third-order valence-electron chi connectivity index (χ3n) is 13.0. The van der Waals surface area contributed by atoms with E-state index in [2.05, 4.69) is 36.5 Å². The fourth-order valence-electron chi connectivity index (χ4n) is 9.03. The molecule has 4 heterocycles. The van der Waals surface area contributed by atoms with E-state index in [0.717, 1.165) is 31.9 Å². The minimum atomic E-state index is -2.84. The maximum Gasteiger partial charge on any atom is 0.332 e. The number of hydrogen-bond donors (Lipinski definition) is 14. The van der Waals surface area contributed by atoms with Crippen LogP contribution in [-0.4, -0.2) is 249 Å². The van der Waals surface area contributed by atoms with Gasteiger partial charge >= 0.3 is 17.9 Å². The fraction of sp³-hybridized carbons (Fsp3) is 0.756. The molecule has 14 N–H and O–H groups in total.